The molecule has 0 aliphatic rings. The third-order valence-corrected chi connectivity index (χ3v) is 2.27. The minimum Gasteiger partial charge on any atom is -0.504 e. The fourth-order valence-corrected chi connectivity index (χ4v) is 1.40. The minimum absolute atomic E-state index is 0.126. The van der Waals surface area contributed by atoms with Gasteiger partial charge in [0.05, 0.1) is 14.2 Å². The molecular weight excluding hydrogens is 234 g/mol. The Morgan fingerprint density at radius 1 is 1.28 bits per heavy atom. The number of rotatable bonds is 5. The zero-order valence-electron chi connectivity index (χ0n) is 10.9. The number of carbonyl (C=O) groups is 1. The third-order valence-electron chi connectivity index (χ3n) is 2.27. The highest BCUT2D eigenvalue weighted by Gasteiger charge is 2.14. The second-order valence-corrected chi connectivity index (χ2v) is 3.87. The van der Waals surface area contributed by atoms with Gasteiger partial charge in [-0.05, 0) is 12.1 Å². The molecule has 1 aromatic carbocycles. The van der Waals surface area contributed by atoms with E-state index in [1.54, 1.807) is 11.1 Å². The highest BCUT2D eigenvalue weighted by molar-refractivity contribution is 6.05. The third kappa shape index (κ3) is 3.16. The zero-order valence-corrected chi connectivity index (χ0v) is 10.9. The second-order valence-electron chi connectivity index (χ2n) is 3.87. The Hall–Kier alpha value is -2.17. The number of aromatic hydroxyl groups is 1. The van der Waals surface area contributed by atoms with Crippen LogP contribution in [0.15, 0.2) is 24.4 Å². The molecule has 0 unspecified atom stereocenters. The largest absolute Gasteiger partial charge is 0.504 e. The molecule has 5 nitrogen and oxygen atoms in total. The van der Waals surface area contributed by atoms with Gasteiger partial charge in [0.25, 0.3) is 0 Å². The molecule has 0 heterocycles. The number of ketones is 1. The summed E-state index contributed by atoms with van der Waals surface area (Å²) in [6, 6.07) is 2.88. The van der Waals surface area contributed by atoms with Crippen molar-refractivity contribution in [3.63, 3.8) is 0 Å². The van der Waals surface area contributed by atoms with Crippen molar-refractivity contribution < 1.29 is 19.4 Å². The summed E-state index contributed by atoms with van der Waals surface area (Å²) in [5.74, 6) is 0.183. The van der Waals surface area contributed by atoms with Crippen LogP contribution in [0.5, 0.6) is 17.2 Å². The van der Waals surface area contributed by atoms with Gasteiger partial charge in [-0.1, -0.05) is 0 Å². The summed E-state index contributed by atoms with van der Waals surface area (Å²) in [5, 5.41) is 9.74. The van der Waals surface area contributed by atoms with E-state index in [4.69, 9.17) is 9.47 Å². The first-order valence-corrected chi connectivity index (χ1v) is 5.33. The van der Waals surface area contributed by atoms with Crippen molar-refractivity contribution in [2.75, 3.05) is 28.3 Å². The lowest BCUT2D eigenvalue weighted by molar-refractivity contribution is 0.104. The molecule has 0 atom stereocenters. The monoisotopic (exact) mass is 251 g/mol. The van der Waals surface area contributed by atoms with Crippen molar-refractivity contribution in [1.29, 1.82) is 0 Å². The van der Waals surface area contributed by atoms with Crippen LogP contribution in [0.1, 0.15) is 10.4 Å². The molecule has 0 saturated carbocycles. The predicted octanol–water partition coefficient (Wildman–Crippen LogP) is 1.67. The topological polar surface area (TPSA) is 59.0 Å². The second kappa shape index (κ2) is 5.95. The molecule has 0 fully saturated rings. The van der Waals surface area contributed by atoms with Gasteiger partial charge in [0, 0.05) is 31.9 Å². The number of phenols is 1. The molecule has 0 spiro atoms. The van der Waals surface area contributed by atoms with Gasteiger partial charge in [-0.25, -0.2) is 0 Å². The molecule has 0 saturated heterocycles. The fourth-order valence-electron chi connectivity index (χ4n) is 1.40. The number of carbonyl (C=O) groups excluding carboxylic acids is 1. The van der Waals surface area contributed by atoms with Gasteiger partial charge in [0.15, 0.2) is 17.3 Å². The van der Waals surface area contributed by atoms with Crippen molar-refractivity contribution in [2.45, 2.75) is 0 Å². The molecule has 1 rings (SSSR count). The van der Waals surface area contributed by atoms with Crippen LogP contribution in [0.4, 0.5) is 0 Å². The maximum Gasteiger partial charge on any atom is 0.203 e. The Kier molecular flexibility index (Phi) is 4.59. The summed E-state index contributed by atoms with van der Waals surface area (Å²) >= 11 is 0. The van der Waals surface area contributed by atoms with E-state index in [2.05, 4.69) is 0 Å². The van der Waals surface area contributed by atoms with E-state index in [1.165, 1.54) is 32.4 Å². The van der Waals surface area contributed by atoms with Gasteiger partial charge in [0.1, 0.15) is 0 Å². The van der Waals surface area contributed by atoms with Crippen LogP contribution in [-0.4, -0.2) is 44.1 Å². The van der Waals surface area contributed by atoms with E-state index >= 15 is 0 Å². The number of hydrogen-bond acceptors (Lipinski definition) is 5. The van der Waals surface area contributed by atoms with E-state index in [1.807, 2.05) is 14.1 Å². The highest BCUT2D eigenvalue weighted by Crippen LogP contribution is 2.37. The van der Waals surface area contributed by atoms with Crippen molar-refractivity contribution in [1.82, 2.24) is 4.90 Å². The van der Waals surface area contributed by atoms with Crippen molar-refractivity contribution in [2.24, 2.45) is 0 Å². The lowest BCUT2D eigenvalue weighted by Crippen LogP contribution is -2.03. The number of benzene rings is 1. The smallest absolute Gasteiger partial charge is 0.203 e. The summed E-state index contributed by atoms with van der Waals surface area (Å²) in [6.07, 6.45) is 3.05. The quantitative estimate of drug-likeness (QED) is 0.637. The van der Waals surface area contributed by atoms with Crippen LogP contribution in [-0.2, 0) is 0 Å². The van der Waals surface area contributed by atoms with Crippen LogP contribution in [0.3, 0.4) is 0 Å². The standard InChI is InChI=1S/C13H17NO4/c1-14(2)6-5-10(15)9-7-11(16)13(18-4)12(8-9)17-3/h5-8,16H,1-4H3/b6-5+. The summed E-state index contributed by atoms with van der Waals surface area (Å²) < 4.78 is 10.0. The first-order valence-electron chi connectivity index (χ1n) is 5.33. The number of nitrogens with zero attached hydrogens (tertiary/aromatic N) is 1. The van der Waals surface area contributed by atoms with Crippen LogP contribution >= 0.6 is 0 Å². The lowest BCUT2D eigenvalue weighted by Gasteiger charge is -2.10. The first kappa shape index (κ1) is 13.9. The molecule has 1 N–H and O–H groups in total. The maximum absolute atomic E-state index is 11.8. The molecule has 0 bridgehead atoms. The molecule has 0 aliphatic carbocycles. The number of ether oxygens (including phenoxy) is 2. The Labute approximate surface area is 106 Å². The minimum atomic E-state index is -0.222. The van der Waals surface area contributed by atoms with Crippen LogP contribution < -0.4 is 9.47 Å². The summed E-state index contributed by atoms with van der Waals surface area (Å²) in [5.41, 5.74) is 0.336. The Morgan fingerprint density at radius 3 is 2.44 bits per heavy atom. The molecule has 5 heteroatoms. The van der Waals surface area contributed by atoms with Crippen molar-refractivity contribution >= 4 is 5.78 Å². The molecular formula is C13H17NO4. The first-order chi connectivity index (χ1) is 8.49. The van der Waals surface area contributed by atoms with Gasteiger partial charge >= 0.3 is 0 Å². The van der Waals surface area contributed by atoms with Crippen LogP contribution in [0.25, 0.3) is 0 Å². The van der Waals surface area contributed by atoms with Crippen LogP contribution in [0, 0.1) is 0 Å². The molecule has 0 aliphatic heterocycles. The van der Waals surface area contributed by atoms with E-state index < -0.39 is 0 Å². The van der Waals surface area contributed by atoms with Gasteiger partial charge in [0.2, 0.25) is 5.75 Å². The summed E-state index contributed by atoms with van der Waals surface area (Å²) in [4.78, 5) is 13.6. The fraction of sp³-hybridized carbons (Fsp3) is 0.308. The number of phenolic OH excluding ortho intramolecular Hbond substituents is 1. The van der Waals surface area contributed by atoms with Crippen LogP contribution in [0.2, 0.25) is 0 Å². The Balaban J connectivity index is 3.11. The highest BCUT2D eigenvalue weighted by atomic mass is 16.5. The predicted molar refractivity (Wildman–Crippen MR) is 68.4 cm³/mol. The number of hydrogen-bond donors (Lipinski definition) is 1. The summed E-state index contributed by atoms with van der Waals surface area (Å²) in [7, 11) is 6.50. The molecule has 0 amide bonds. The molecule has 0 radical (unpaired) electrons. The SMILES string of the molecule is COc1cc(C(=O)/C=C/N(C)C)cc(O)c1OC. The molecule has 1 aromatic rings. The van der Waals surface area contributed by atoms with Gasteiger partial charge in [-0.15, -0.1) is 0 Å². The maximum atomic E-state index is 11.8. The van der Waals surface area contributed by atoms with E-state index in [-0.39, 0.29) is 17.3 Å². The number of allylic oxidation sites excluding steroid dienone is 1. The van der Waals surface area contributed by atoms with Gasteiger partial charge in [-0.2, -0.15) is 0 Å². The molecule has 18 heavy (non-hydrogen) atoms. The lowest BCUT2D eigenvalue weighted by atomic mass is 10.1. The summed E-state index contributed by atoms with van der Waals surface area (Å²) in [6.45, 7) is 0. The Bertz CT molecular complexity index is 466. The van der Waals surface area contributed by atoms with E-state index in [9.17, 15) is 9.90 Å². The van der Waals surface area contributed by atoms with E-state index in [0.717, 1.165) is 0 Å². The normalized spacial score (nSPS) is 10.4. The average molecular weight is 251 g/mol. The molecule has 0 aromatic heterocycles. The molecule has 98 valence electrons. The Morgan fingerprint density at radius 2 is 1.94 bits per heavy atom. The van der Waals surface area contributed by atoms with E-state index in [0.29, 0.717) is 11.3 Å². The zero-order chi connectivity index (χ0) is 13.7. The average Bonchev–Trinajstić information content (AvgIpc) is 2.34. The van der Waals surface area contributed by atoms with Gasteiger partial charge in [-0.3, -0.25) is 4.79 Å². The number of methoxy groups -OCH3 is 2. The van der Waals surface area contributed by atoms with Crippen molar-refractivity contribution in [3.8, 4) is 17.2 Å². The van der Waals surface area contributed by atoms with Gasteiger partial charge < -0.3 is 19.5 Å². The van der Waals surface area contributed by atoms with Crippen molar-refractivity contribution in [3.05, 3.63) is 30.0 Å².